The number of hydrogen-bond donors (Lipinski definition) is 1. The summed E-state index contributed by atoms with van der Waals surface area (Å²) in [5.74, 6) is 1.54. The highest BCUT2D eigenvalue weighted by Crippen LogP contribution is 2.31. The van der Waals surface area contributed by atoms with Crippen molar-refractivity contribution >= 4 is 34.0 Å². The van der Waals surface area contributed by atoms with Gasteiger partial charge in [0.25, 0.3) is 0 Å². The lowest BCUT2D eigenvalue weighted by Crippen LogP contribution is -2.07. The van der Waals surface area contributed by atoms with Crippen LogP contribution in [-0.4, -0.2) is 41.6 Å². The minimum atomic E-state index is 0.466. The molecule has 0 spiro atoms. The van der Waals surface area contributed by atoms with Crippen molar-refractivity contribution in [3.8, 4) is 17.3 Å². The number of nitrogens with one attached hydrogen (secondary N) is 1. The molecular weight excluding hydrogens is 428 g/mol. The summed E-state index contributed by atoms with van der Waals surface area (Å²) in [5.41, 5.74) is 3.31. The van der Waals surface area contributed by atoms with Gasteiger partial charge in [-0.1, -0.05) is 29.8 Å². The van der Waals surface area contributed by atoms with Crippen LogP contribution in [0, 0.1) is 0 Å². The van der Waals surface area contributed by atoms with E-state index < -0.39 is 0 Å². The number of aryl methyl sites for hydroxylation is 1. The standard InChI is InChI=1S/C22H19ClN8O/c1-30-18(16(23)11-26-30)13-31-17-6-4-3-5-15(17)20(29-31)22-25-12-19(32-2)21(28-22)27-14-7-9-24-10-8-14/h3-12H,13H2,1-2H3,(H,24,25,27,28). The second kappa shape index (κ2) is 8.27. The molecule has 0 atom stereocenters. The Labute approximate surface area is 188 Å². The van der Waals surface area contributed by atoms with E-state index >= 15 is 0 Å². The van der Waals surface area contributed by atoms with Crippen molar-refractivity contribution in [2.75, 3.05) is 12.4 Å². The Morgan fingerprint density at radius 3 is 2.66 bits per heavy atom. The van der Waals surface area contributed by atoms with Crippen LogP contribution in [0.3, 0.4) is 0 Å². The van der Waals surface area contributed by atoms with Gasteiger partial charge in [0.2, 0.25) is 0 Å². The Kier molecular flexibility index (Phi) is 5.16. The molecule has 5 aromatic rings. The van der Waals surface area contributed by atoms with E-state index in [0.717, 1.165) is 22.3 Å². The number of aromatic nitrogens is 7. The highest BCUT2D eigenvalue weighted by molar-refractivity contribution is 6.31. The van der Waals surface area contributed by atoms with E-state index in [0.29, 0.717) is 34.7 Å². The minimum Gasteiger partial charge on any atom is -0.491 e. The third kappa shape index (κ3) is 3.63. The largest absolute Gasteiger partial charge is 0.491 e. The highest BCUT2D eigenvalue weighted by Gasteiger charge is 2.18. The monoisotopic (exact) mass is 446 g/mol. The number of rotatable bonds is 6. The smallest absolute Gasteiger partial charge is 0.183 e. The molecule has 0 saturated carbocycles. The first-order valence-corrected chi connectivity index (χ1v) is 10.2. The SMILES string of the molecule is COc1cnc(-c2nn(Cc3c(Cl)cnn3C)c3ccccc23)nc1Nc1ccncc1. The van der Waals surface area contributed by atoms with E-state index in [4.69, 9.17) is 26.4 Å². The van der Waals surface area contributed by atoms with Crippen molar-refractivity contribution in [1.29, 1.82) is 0 Å². The number of halogens is 1. The van der Waals surface area contributed by atoms with Gasteiger partial charge in [0.15, 0.2) is 17.4 Å². The highest BCUT2D eigenvalue weighted by atomic mass is 35.5. The Bertz CT molecular complexity index is 1380. The van der Waals surface area contributed by atoms with E-state index in [9.17, 15) is 0 Å². The fraction of sp³-hybridized carbons (Fsp3) is 0.136. The zero-order chi connectivity index (χ0) is 22.1. The van der Waals surface area contributed by atoms with Gasteiger partial charge in [-0.25, -0.2) is 9.97 Å². The molecule has 0 fully saturated rings. The summed E-state index contributed by atoms with van der Waals surface area (Å²) < 4.78 is 9.08. The van der Waals surface area contributed by atoms with Crippen LogP contribution in [0.5, 0.6) is 5.75 Å². The van der Waals surface area contributed by atoms with Crippen LogP contribution >= 0.6 is 11.6 Å². The van der Waals surface area contributed by atoms with Gasteiger partial charge in [0, 0.05) is 30.5 Å². The number of para-hydroxylation sites is 1. The summed E-state index contributed by atoms with van der Waals surface area (Å²) >= 11 is 6.33. The number of nitrogens with zero attached hydrogens (tertiary/aromatic N) is 7. The molecule has 1 N–H and O–H groups in total. The van der Waals surface area contributed by atoms with Crippen molar-refractivity contribution in [3.05, 3.63) is 71.9 Å². The first kappa shape index (κ1) is 20.0. The molecule has 160 valence electrons. The van der Waals surface area contributed by atoms with Gasteiger partial charge in [0.05, 0.1) is 42.3 Å². The van der Waals surface area contributed by atoms with E-state index in [1.807, 2.05) is 48.1 Å². The normalized spacial score (nSPS) is 11.1. The molecule has 9 nitrogen and oxygen atoms in total. The first-order valence-electron chi connectivity index (χ1n) is 9.84. The second-order valence-corrected chi connectivity index (χ2v) is 7.46. The van der Waals surface area contributed by atoms with Crippen LogP contribution in [0.25, 0.3) is 22.4 Å². The van der Waals surface area contributed by atoms with Gasteiger partial charge >= 0.3 is 0 Å². The molecule has 0 unspecified atom stereocenters. The van der Waals surface area contributed by atoms with Crippen molar-refractivity contribution in [2.45, 2.75) is 6.54 Å². The van der Waals surface area contributed by atoms with Gasteiger partial charge < -0.3 is 10.1 Å². The lowest BCUT2D eigenvalue weighted by molar-refractivity contribution is 0.413. The van der Waals surface area contributed by atoms with Crippen LogP contribution < -0.4 is 10.1 Å². The molecule has 0 aliphatic rings. The maximum absolute atomic E-state index is 6.33. The van der Waals surface area contributed by atoms with E-state index in [2.05, 4.69) is 20.4 Å². The van der Waals surface area contributed by atoms with Crippen LogP contribution in [0.15, 0.2) is 61.2 Å². The molecule has 0 amide bonds. The number of anilines is 2. The molecule has 5 rings (SSSR count). The van der Waals surface area contributed by atoms with Gasteiger partial charge in [0.1, 0.15) is 5.69 Å². The summed E-state index contributed by atoms with van der Waals surface area (Å²) in [5, 5.41) is 13.8. The topological polar surface area (TPSA) is 95.6 Å². The molecule has 0 bridgehead atoms. The lowest BCUT2D eigenvalue weighted by atomic mass is 10.2. The van der Waals surface area contributed by atoms with Gasteiger partial charge in [-0.3, -0.25) is 14.3 Å². The zero-order valence-electron chi connectivity index (χ0n) is 17.4. The minimum absolute atomic E-state index is 0.466. The van der Waals surface area contributed by atoms with E-state index in [1.165, 1.54) is 0 Å². The first-order chi connectivity index (χ1) is 15.6. The number of hydrogen-bond acceptors (Lipinski definition) is 7. The Morgan fingerprint density at radius 2 is 1.91 bits per heavy atom. The molecule has 1 aromatic carbocycles. The number of methoxy groups -OCH3 is 1. The quantitative estimate of drug-likeness (QED) is 0.420. The van der Waals surface area contributed by atoms with E-state index in [-0.39, 0.29) is 0 Å². The third-order valence-electron chi connectivity index (χ3n) is 5.10. The maximum Gasteiger partial charge on any atom is 0.183 e. The number of benzene rings is 1. The molecular formula is C22H19ClN8O. The fourth-order valence-electron chi connectivity index (χ4n) is 3.46. The molecule has 0 aliphatic heterocycles. The Balaban J connectivity index is 1.60. The lowest BCUT2D eigenvalue weighted by Gasteiger charge is -2.10. The summed E-state index contributed by atoms with van der Waals surface area (Å²) in [4.78, 5) is 13.3. The average molecular weight is 447 g/mol. The van der Waals surface area contributed by atoms with Crippen molar-refractivity contribution < 1.29 is 4.74 Å². The van der Waals surface area contributed by atoms with Gasteiger partial charge in [-0.05, 0) is 18.2 Å². The maximum atomic E-state index is 6.33. The number of ether oxygens (including phenoxy) is 1. The number of fused-ring (bicyclic) bond motifs is 1. The van der Waals surface area contributed by atoms with Crippen LogP contribution in [0.4, 0.5) is 11.5 Å². The van der Waals surface area contributed by atoms with Crippen LogP contribution in [0.1, 0.15) is 5.69 Å². The third-order valence-corrected chi connectivity index (χ3v) is 5.41. The van der Waals surface area contributed by atoms with Crippen molar-refractivity contribution in [2.24, 2.45) is 7.05 Å². The zero-order valence-corrected chi connectivity index (χ0v) is 18.2. The summed E-state index contributed by atoms with van der Waals surface area (Å²) in [6.45, 7) is 0.466. The molecule has 10 heteroatoms. The molecule has 4 aromatic heterocycles. The van der Waals surface area contributed by atoms with Gasteiger partial charge in [-0.15, -0.1) is 0 Å². The van der Waals surface area contributed by atoms with Crippen molar-refractivity contribution in [3.63, 3.8) is 0 Å². The second-order valence-electron chi connectivity index (χ2n) is 7.06. The summed E-state index contributed by atoms with van der Waals surface area (Å²) in [7, 11) is 3.44. The van der Waals surface area contributed by atoms with E-state index in [1.54, 1.807) is 36.6 Å². The van der Waals surface area contributed by atoms with Crippen LogP contribution in [0.2, 0.25) is 5.02 Å². The average Bonchev–Trinajstić information content (AvgIpc) is 3.35. The van der Waals surface area contributed by atoms with Crippen molar-refractivity contribution in [1.82, 2.24) is 34.5 Å². The van der Waals surface area contributed by atoms with Gasteiger partial charge in [-0.2, -0.15) is 10.2 Å². The molecule has 32 heavy (non-hydrogen) atoms. The van der Waals surface area contributed by atoms with Crippen LogP contribution in [-0.2, 0) is 13.6 Å². The molecule has 0 radical (unpaired) electrons. The summed E-state index contributed by atoms with van der Waals surface area (Å²) in [6, 6.07) is 11.7. The molecule has 4 heterocycles. The predicted molar refractivity (Wildman–Crippen MR) is 122 cm³/mol. The molecule has 0 aliphatic carbocycles. The summed E-state index contributed by atoms with van der Waals surface area (Å²) in [6.07, 6.45) is 6.68. The Morgan fingerprint density at radius 1 is 1.09 bits per heavy atom. The Hall–Kier alpha value is -3.98. The predicted octanol–water partition coefficient (Wildman–Crippen LogP) is 4.08. The molecule has 0 saturated heterocycles. The fourth-order valence-corrected chi connectivity index (χ4v) is 3.69. The number of pyridine rings is 1.